The van der Waals surface area contributed by atoms with Crippen LogP contribution in [0.4, 0.5) is 0 Å². The normalized spacial score (nSPS) is 46.5. The molecule has 0 nitrogen and oxygen atoms in total. The van der Waals surface area contributed by atoms with Crippen LogP contribution >= 0.6 is 0 Å². The van der Waals surface area contributed by atoms with E-state index in [0.717, 1.165) is 53.3 Å². The van der Waals surface area contributed by atoms with E-state index in [1.807, 2.05) is 5.57 Å². The second kappa shape index (κ2) is 8.11. The Morgan fingerprint density at radius 2 is 1.71 bits per heavy atom. The van der Waals surface area contributed by atoms with Gasteiger partial charge in [0.25, 0.3) is 0 Å². The van der Waals surface area contributed by atoms with Crippen molar-refractivity contribution in [2.45, 2.75) is 106 Å². The van der Waals surface area contributed by atoms with Gasteiger partial charge < -0.3 is 0 Å². The van der Waals surface area contributed by atoms with Gasteiger partial charge in [-0.15, -0.1) is 0 Å². The van der Waals surface area contributed by atoms with Gasteiger partial charge in [-0.2, -0.15) is 0 Å². The Labute approximate surface area is 176 Å². The van der Waals surface area contributed by atoms with E-state index < -0.39 is 0 Å². The molecule has 0 spiro atoms. The van der Waals surface area contributed by atoms with Gasteiger partial charge in [-0.25, -0.2) is 0 Å². The van der Waals surface area contributed by atoms with Gasteiger partial charge >= 0.3 is 0 Å². The Hall–Kier alpha value is -0.260. The average molecular weight is 385 g/mol. The fourth-order valence-electron chi connectivity index (χ4n) is 8.70. The van der Waals surface area contributed by atoms with Crippen molar-refractivity contribution in [3.8, 4) is 0 Å². The molecule has 0 aromatic carbocycles. The molecule has 4 aliphatic rings. The third-order valence-corrected chi connectivity index (χ3v) is 10.2. The molecule has 0 saturated heterocycles. The number of fused-ring (bicyclic) bond motifs is 5. The molecule has 4 aliphatic carbocycles. The van der Waals surface area contributed by atoms with Crippen LogP contribution in [0.1, 0.15) is 106 Å². The molecule has 9 unspecified atom stereocenters. The zero-order valence-corrected chi connectivity index (χ0v) is 19.8. The van der Waals surface area contributed by atoms with Crippen molar-refractivity contribution in [1.29, 1.82) is 0 Å². The SMILES string of the molecule is CC(C)CCCC(C)C1CCC2C1CCC1C2C(C)C=C2CC(C)CCC21C. The molecule has 160 valence electrons. The molecule has 0 bridgehead atoms. The molecule has 0 heteroatoms. The van der Waals surface area contributed by atoms with E-state index >= 15 is 0 Å². The molecule has 0 N–H and O–H groups in total. The minimum absolute atomic E-state index is 0.551. The topological polar surface area (TPSA) is 0 Å². The van der Waals surface area contributed by atoms with Crippen LogP contribution in [-0.2, 0) is 0 Å². The summed E-state index contributed by atoms with van der Waals surface area (Å²) in [5, 5.41) is 0. The fraction of sp³-hybridized carbons (Fsp3) is 0.929. The third-order valence-electron chi connectivity index (χ3n) is 10.2. The first kappa shape index (κ1) is 21.0. The third kappa shape index (κ3) is 3.65. The van der Waals surface area contributed by atoms with Gasteiger partial charge in [0.05, 0.1) is 0 Å². The zero-order valence-electron chi connectivity index (χ0n) is 19.8. The molecule has 0 radical (unpaired) electrons. The number of rotatable bonds is 5. The van der Waals surface area contributed by atoms with Gasteiger partial charge in [0.15, 0.2) is 0 Å². The molecule has 9 atom stereocenters. The standard InChI is InChI=1S/C28H48/c1-18(2)8-7-9-20(4)23-10-11-25-24(23)12-13-26-27(25)21(5)17-22-16-19(3)14-15-28(22,26)6/h17-21,23-27H,7-16H2,1-6H3. The van der Waals surface area contributed by atoms with Crippen molar-refractivity contribution >= 4 is 0 Å². The molecule has 0 amide bonds. The summed E-state index contributed by atoms with van der Waals surface area (Å²) in [6.07, 6.45) is 17.7. The Kier molecular flexibility index (Phi) is 6.08. The fourth-order valence-corrected chi connectivity index (χ4v) is 8.70. The van der Waals surface area contributed by atoms with Crippen molar-refractivity contribution in [3.05, 3.63) is 11.6 Å². The summed E-state index contributed by atoms with van der Waals surface area (Å²) in [5.74, 6) is 8.71. The molecule has 28 heavy (non-hydrogen) atoms. The van der Waals surface area contributed by atoms with Gasteiger partial charge in [-0.1, -0.05) is 72.5 Å². The summed E-state index contributed by atoms with van der Waals surface area (Å²) in [6, 6.07) is 0. The lowest BCUT2D eigenvalue weighted by Crippen LogP contribution is -2.49. The second-order valence-electron chi connectivity index (χ2n) is 12.4. The number of allylic oxidation sites excluding steroid dienone is 2. The number of hydrogen-bond donors (Lipinski definition) is 0. The predicted molar refractivity (Wildman–Crippen MR) is 122 cm³/mol. The molecular weight excluding hydrogens is 336 g/mol. The van der Waals surface area contributed by atoms with Crippen molar-refractivity contribution in [2.75, 3.05) is 0 Å². The highest BCUT2D eigenvalue weighted by Gasteiger charge is 2.56. The van der Waals surface area contributed by atoms with Crippen molar-refractivity contribution in [3.63, 3.8) is 0 Å². The average Bonchev–Trinajstić information content (AvgIpc) is 3.07. The van der Waals surface area contributed by atoms with Crippen LogP contribution < -0.4 is 0 Å². The molecule has 3 fully saturated rings. The smallest absolute Gasteiger partial charge is 0.00849 e. The Bertz CT molecular complexity index is 571. The highest BCUT2D eigenvalue weighted by molar-refractivity contribution is 5.25. The van der Waals surface area contributed by atoms with Crippen LogP contribution in [0.5, 0.6) is 0 Å². The highest BCUT2D eigenvalue weighted by Crippen LogP contribution is 2.64. The molecule has 3 saturated carbocycles. The largest absolute Gasteiger partial charge is 0.0816 e. The van der Waals surface area contributed by atoms with Gasteiger partial charge in [0.2, 0.25) is 0 Å². The maximum absolute atomic E-state index is 2.79. The van der Waals surface area contributed by atoms with Crippen molar-refractivity contribution in [1.82, 2.24) is 0 Å². The summed E-state index contributed by atoms with van der Waals surface area (Å²) >= 11 is 0. The quantitative estimate of drug-likeness (QED) is 0.417. The Morgan fingerprint density at radius 1 is 0.964 bits per heavy atom. The van der Waals surface area contributed by atoms with Gasteiger partial charge in [0, 0.05) is 0 Å². The summed E-state index contributed by atoms with van der Waals surface area (Å²) < 4.78 is 0. The second-order valence-corrected chi connectivity index (χ2v) is 12.4. The van der Waals surface area contributed by atoms with Crippen molar-refractivity contribution in [2.24, 2.45) is 58.7 Å². The van der Waals surface area contributed by atoms with Crippen LogP contribution in [0.2, 0.25) is 0 Å². The van der Waals surface area contributed by atoms with E-state index in [1.54, 1.807) is 19.3 Å². The minimum Gasteiger partial charge on any atom is -0.0816 e. The van der Waals surface area contributed by atoms with E-state index in [1.165, 1.54) is 44.9 Å². The van der Waals surface area contributed by atoms with Gasteiger partial charge in [-0.3, -0.25) is 0 Å². The summed E-state index contributed by atoms with van der Waals surface area (Å²) in [7, 11) is 0. The summed E-state index contributed by atoms with van der Waals surface area (Å²) in [6.45, 7) is 15.1. The van der Waals surface area contributed by atoms with Crippen LogP contribution in [0.3, 0.4) is 0 Å². The maximum atomic E-state index is 2.79. The molecule has 4 rings (SSSR count). The Balaban J connectivity index is 1.48. The van der Waals surface area contributed by atoms with E-state index in [9.17, 15) is 0 Å². The molecule has 0 aromatic rings. The first-order valence-corrected chi connectivity index (χ1v) is 13.0. The molecule has 0 heterocycles. The summed E-state index contributed by atoms with van der Waals surface area (Å²) in [5.41, 5.74) is 2.42. The van der Waals surface area contributed by atoms with Crippen LogP contribution in [0.15, 0.2) is 11.6 Å². The number of hydrogen-bond acceptors (Lipinski definition) is 0. The lowest BCUT2D eigenvalue weighted by molar-refractivity contribution is -0.0245. The Morgan fingerprint density at radius 3 is 2.46 bits per heavy atom. The molecular formula is C28H48. The first-order chi connectivity index (χ1) is 13.3. The van der Waals surface area contributed by atoms with E-state index in [4.69, 9.17) is 0 Å². The van der Waals surface area contributed by atoms with Crippen LogP contribution in [0, 0.1) is 58.7 Å². The lowest BCUT2D eigenvalue weighted by atomic mass is 9.47. The highest BCUT2D eigenvalue weighted by atomic mass is 14.6. The zero-order chi connectivity index (χ0) is 20.1. The van der Waals surface area contributed by atoms with Crippen LogP contribution in [-0.4, -0.2) is 0 Å². The lowest BCUT2D eigenvalue weighted by Gasteiger charge is -2.57. The van der Waals surface area contributed by atoms with Gasteiger partial charge in [0.1, 0.15) is 0 Å². The molecule has 0 aromatic heterocycles. The predicted octanol–water partition coefficient (Wildman–Crippen LogP) is 8.52. The van der Waals surface area contributed by atoms with E-state index in [0.29, 0.717) is 5.41 Å². The first-order valence-electron chi connectivity index (χ1n) is 13.0. The van der Waals surface area contributed by atoms with Crippen LogP contribution in [0.25, 0.3) is 0 Å². The van der Waals surface area contributed by atoms with E-state index in [-0.39, 0.29) is 0 Å². The van der Waals surface area contributed by atoms with Gasteiger partial charge in [-0.05, 0) is 104 Å². The van der Waals surface area contributed by atoms with Crippen molar-refractivity contribution < 1.29 is 0 Å². The molecule has 0 aliphatic heterocycles. The monoisotopic (exact) mass is 384 g/mol. The maximum Gasteiger partial charge on any atom is -0.00849 e. The van der Waals surface area contributed by atoms with E-state index in [2.05, 4.69) is 47.6 Å². The summed E-state index contributed by atoms with van der Waals surface area (Å²) in [4.78, 5) is 0. The minimum atomic E-state index is 0.551.